The van der Waals surface area contributed by atoms with E-state index in [2.05, 4.69) is 57.9 Å². The molecule has 3 rings (SSSR count). The van der Waals surface area contributed by atoms with Gasteiger partial charge < -0.3 is 15.0 Å². The Bertz CT molecular complexity index is 1190. The molecule has 0 radical (unpaired) electrons. The Balaban J connectivity index is 1.87. The molecular weight excluding hydrogens is 584 g/mol. The van der Waals surface area contributed by atoms with Gasteiger partial charge in [-0.05, 0) is 62.3 Å². The summed E-state index contributed by atoms with van der Waals surface area (Å²) < 4.78 is 7.64. The molecule has 0 saturated carbocycles. The quantitative estimate of drug-likeness (QED) is 0.308. The third-order valence-electron chi connectivity index (χ3n) is 5.91. The van der Waals surface area contributed by atoms with Crippen LogP contribution in [-0.2, 0) is 28.0 Å². The van der Waals surface area contributed by atoms with Gasteiger partial charge in [-0.15, -0.1) is 0 Å². The second kappa shape index (κ2) is 12.5. The van der Waals surface area contributed by atoms with Gasteiger partial charge in [-0.3, -0.25) is 9.59 Å². The third-order valence-corrected chi connectivity index (χ3v) is 7.02. The summed E-state index contributed by atoms with van der Waals surface area (Å²) >= 11 is 7.08. The van der Waals surface area contributed by atoms with E-state index in [1.807, 2.05) is 72.8 Å². The first-order chi connectivity index (χ1) is 17.1. The van der Waals surface area contributed by atoms with Gasteiger partial charge in [0.2, 0.25) is 5.91 Å². The second-order valence-corrected chi connectivity index (χ2v) is 11.4. The molecule has 1 N–H and O–H groups in total. The van der Waals surface area contributed by atoms with Gasteiger partial charge >= 0.3 is 0 Å². The van der Waals surface area contributed by atoms with Crippen molar-refractivity contribution in [2.75, 3.05) is 13.7 Å². The van der Waals surface area contributed by atoms with Crippen LogP contribution >= 0.6 is 31.9 Å². The van der Waals surface area contributed by atoms with Gasteiger partial charge in [0.05, 0.1) is 4.47 Å². The zero-order chi connectivity index (χ0) is 26.3. The molecule has 1 atom stereocenters. The molecule has 7 heteroatoms. The minimum atomic E-state index is -0.695. The maximum absolute atomic E-state index is 13.6. The molecule has 3 aromatic rings. The summed E-state index contributed by atoms with van der Waals surface area (Å²) in [4.78, 5) is 28.2. The monoisotopic (exact) mass is 614 g/mol. The van der Waals surface area contributed by atoms with E-state index in [9.17, 15) is 9.59 Å². The number of nitrogens with one attached hydrogen (secondary N) is 1. The Morgan fingerprint density at radius 1 is 0.944 bits per heavy atom. The predicted molar refractivity (Wildman–Crippen MR) is 151 cm³/mol. The molecule has 0 unspecified atom stereocenters. The molecule has 3 aromatic carbocycles. The van der Waals surface area contributed by atoms with Crippen LogP contribution in [-0.4, -0.2) is 36.4 Å². The lowest BCUT2D eigenvalue weighted by Crippen LogP contribution is -2.51. The van der Waals surface area contributed by atoms with Crippen molar-refractivity contribution in [3.05, 3.63) is 98.4 Å². The van der Waals surface area contributed by atoms with Crippen LogP contribution in [0.2, 0.25) is 0 Å². The second-order valence-electron chi connectivity index (χ2n) is 9.66. The summed E-state index contributed by atoms with van der Waals surface area (Å²) in [6.07, 6.45) is 0.393. The highest BCUT2D eigenvalue weighted by Crippen LogP contribution is 2.31. The summed E-state index contributed by atoms with van der Waals surface area (Å²) in [6.45, 7) is 6.51. The van der Waals surface area contributed by atoms with Crippen molar-refractivity contribution in [3.8, 4) is 5.75 Å². The van der Waals surface area contributed by atoms with Gasteiger partial charge in [-0.2, -0.15) is 0 Å². The van der Waals surface area contributed by atoms with E-state index >= 15 is 0 Å². The number of halogens is 2. The Kier molecular flexibility index (Phi) is 9.74. The van der Waals surface area contributed by atoms with Crippen molar-refractivity contribution in [1.29, 1.82) is 0 Å². The van der Waals surface area contributed by atoms with Crippen LogP contribution in [0.15, 0.2) is 81.7 Å². The molecule has 190 valence electrons. The van der Waals surface area contributed by atoms with Gasteiger partial charge in [-0.25, -0.2) is 0 Å². The normalized spacial score (nSPS) is 12.1. The van der Waals surface area contributed by atoms with Crippen molar-refractivity contribution >= 4 is 43.7 Å². The summed E-state index contributed by atoms with van der Waals surface area (Å²) in [5.41, 5.74) is 3.04. The molecule has 0 aliphatic carbocycles. The summed E-state index contributed by atoms with van der Waals surface area (Å²) in [5.74, 6) is 0.0857. The van der Waals surface area contributed by atoms with Crippen molar-refractivity contribution in [2.45, 2.75) is 45.2 Å². The van der Waals surface area contributed by atoms with E-state index < -0.39 is 6.04 Å². The fraction of sp³-hybridized carbons (Fsp3) is 0.310. The molecule has 0 aromatic heterocycles. The number of ether oxygens (including phenoxy) is 1. The van der Waals surface area contributed by atoms with Crippen LogP contribution in [0.3, 0.4) is 0 Å². The Morgan fingerprint density at radius 2 is 1.64 bits per heavy atom. The van der Waals surface area contributed by atoms with E-state index in [4.69, 9.17) is 4.74 Å². The van der Waals surface area contributed by atoms with Gasteiger partial charge in [-0.1, -0.05) is 85.2 Å². The van der Waals surface area contributed by atoms with Crippen molar-refractivity contribution in [2.24, 2.45) is 0 Å². The number of carbonyl (C=O) groups excluding carboxylic acids is 2. The van der Waals surface area contributed by atoms with E-state index in [1.54, 1.807) is 11.9 Å². The topological polar surface area (TPSA) is 58.6 Å². The Labute approximate surface area is 230 Å². The van der Waals surface area contributed by atoms with E-state index in [0.717, 1.165) is 25.6 Å². The van der Waals surface area contributed by atoms with E-state index in [-0.39, 0.29) is 30.4 Å². The smallest absolute Gasteiger partial charge is 0.261 e. The van der Waals surface area contributed by atoms with Crippen LogP contribution < -0.4 is 10.1 Å². The number of rotatable bonds is 9. The summed E-state index contributed by atoms with van der Waals surface area (Å²) in [7, 11) is 1.59. The Morgan fingerprint density at radius 3 is 2.25 bits per heavy atom. The number of likely N-dealkylation sites (N-methyl/N-ethyl adjacent to an activating group) is 1. The maximum Gasteiger partial charge on any atom is 0.261 e. The molecule has 0 spiro atoms. The lowest BCUT2D eigenvalue weighted by atomic mass is 9.87. The highest BCUT2D eigenvalue weighted by atomic mass is 79.9. The minimum absolute atomic E-state index is 0.00417. The molecular formula is C29H32Br2N2O3. The fourth-order valence-electron chi connectivity index (χ4n) is 3.86. The number of nitrogens with zero attached hydrogens (tertiary/aromatic N) is 1. The van der Waals surface area contributed by atoms with Crippen molar-refractivity contribution in [1.82, 2.24) is 10.2 Å². The number of amides is 2. The molecule has 0 bridgehead atoms. The molecule has 0 aliphatic heterocycles. The lowest BCUT2D eigenvalue weighted by molar-refractivity contribution is -0.142. The summed E-state index contributed by atoms with van der Waals surface area (Å²) in [5, 5.41) is 2.73. The Hall–Kier alpha value is -2.64. The first kappa shape index (κ1) is 27.9. The predicted octanol–water partition coefficient (Wildman–Crippen LogP) is 6.27. The molecule has 5 nitrogen and oxygen atoms in total. The molecule has 0 fully saturated rings. The average molecular weight is 616 g/mol. The van der Waals surface area contributed by atoms with Crippen LogP contribution in [0, 0.1) is 0 Å². The van der Waals surface area contributed by atoms with Crippen LogP contribution in [0.5, 0.6) is 5.75 Å². The molecule has 0 aliphatic rings. The first-order valence-corrected chi connectivity index (χ1v) is 13.4. The molecule has 2 amide bonds. The third kappa shape index (κ3) is 7.68. The lowest BCUT2D eigenvalue weighted by Gasteiger charge is -2.31. The van der Waals surface area contributed by atoms with Crippen LogP contribution in [0.4, 0.5) is 0 Å². The number of carbonyl (C=O) groups is 2. The van der Waals surface area contributed by atoms with Crippen LogP contribution in [0.25, 0.3) is 0 Å². The van der Waals surface area contributed by atoms with Gasteiger partial charge in [0.15, 0.2) is 6.61 Å². The first-order valence-electron chi connectivity index (χ1n) is 11.8. The summed E-state index contributed by atoms with van der Waals surface area (Å²) in [6, 6.07) is 22.6. The number of hydrogen-bond acceptors (Lipinski definition) is 3. The number of benzene rings is 3. The minimum Gasteiger partial charge on any atom is -0.483 e. The van der Waals surface area contributed by atoms with Crippen molar-refractivity contribution in [3.63, 3.8) is 0 Å². The zero-order valence-electron chi connectivity index (χ0n) is 21.1. The number of hydrogen-bond donors (Lipinski definition) is 1. The molecule has 0 saturated heterocycles. The highest BCUT2D eigenvalue weighted by molar-refractivity contribution is 9.10. The molecule has 36 heavy (non-hydrogen) atoms. The van der Waals surface area contributed by atoms with Gasteiger partial charge in [0.1, 0.15) is 11.8 Å². The standard InChI is InChI=1S/C29H32Br2N2O3/c1-29(2,3)22-13-14-26(24(31)17-22)36-19-27(34)33(18-21-11-8-12-23(30)15-21)25(28(35)32-4)16-20-9-6-5-7-10-20/h5-15,17,25H,16,18-19H2,1-4H3,(H,32,35)/t25-/m1/s1. The van der Waals surface area contributed by atoms with E-state index in [1.165, 1.54) is 0 Å². The molecule has 0 heterocycles. The van der Waals surface area contributed by atoms with Crippen LogP contribution in [0.1, 0.15) is 37.5 Å². The SMILES string of the molecule is CNC(=O)[C@@H](Cc1ccccc1)N(Cc1cccc(Br)c1)C(=O)COc1ccc(C(C)(C)C)cc1Br. The van der Waals surface area contributed by atoms with E-state index in [0.29, 0.717) is 12.2 Å². The van der Waals surface area contributed by atoms with Gasteiger partial charge in [0, 0.05) is 24.5 Å². The average Bonchev–Trinajstić information content (AvgIpc) is 2.84. The zero-order valence-corrected chi connectivity index (χ0v) is 24.2. The highest BCUT2D eigenvalue weighted by Gasteiger charge is 2.30. The van der Waals surface area contributed by atoms with Crippen molar-refractivity contribution < 1.29 is 14.3 Å². The largest absolute Gasteiger partial charge is 0.483 e. The fourth-order valence-corrected chi connectivity index (χ4v) is 4.80. The van der Waals surface area contributed by atoms with Gasteiger partial charge in [0.25, 0.3) is 5.91 Å². The maximum atomic E-state index is 13.6.